The van der Waals surface area contributed by atoms with E-state index in [9.17, 15) is 4.79 Å². The quantitative estimate of drug-likeness (QED) is 0.180. The zero-order valence-electron chi connectivity index (χ0n) is 25.7. The number of fused-ring (bicyclic) bond motifs is 1. The van der Waals surface area contributed by atoms with Gasteiger partial charge in [-0.2, -0.15) is 0 Å². The van der Waals surface area contributed by atoms with Crippen molar-refractivity contribution in [2.75, 3.05) is 33.9 Å². The molecule has 8 heteroatoms. The number of hydrogen-bond donors (Lipinski definition) is 1. The maximum absolute atomic E-state index is 14.6. The number of nitrogens with zero attached hydrogens (tertiary/aromatic N) is 3. The minimum Gasteiger partial charge on any atom is -0.493 e. The van der Waals surface area contributed by atoms with Crippen molar-refractivity contribution in [1.29, 1.82) is 0 Å². The smallest absolute Gasteiger partial charge is 0.256 e. The molecule has 0 aliphatic carbocycles. The van der Waals surface area contributed by atoms with Crippen molar-refractivity contribution >= 4 is 28.5 Å². The molecule has 1 aliphatic heterocycles. The number of aromatic amines is 1. The van der Waals surface area contributed by atoms with E-state index in [1.165, 1.54) is 37.5 Å². The van der Waals surface area contributed by atoms with Gasteiger partial charge in [-0.15, -0.1) is 0 Å². The molecule has 1 atom stereocenters. The van der Waals surface area contributed by atoms with Gasteiger partial charge in [0.05, 0.1) is 41.9 Å². The first-order valence-corrected chi connectivity index (χ1v) is 15.7. The van der Waals surface area contributed by atoms with Gasteiger partial charge in [0.15, 0.2) is 11.5 Å². The number of likely N-dealkylation sites (tertiary alicyclic amines) is 1. The van der Waals surface area contributed by atoms with Crippen molar-refractivity contribution in [3.05, 3.63) is 88.2 Å². The summed E-state index contributed by atoms with van der Waals surface area (Å²) in [6.07, 6.45) is 5.25. The molecule has 1 amide bonds. The van der Waals surface area contributed by atoms with Gasteiger partial charge in [-0.05, 0) is 73.7 Å². The van der Waals surface area contributed by atoms with Gasteiger partial charge < -0.3 is 19.4 Å². The van der Waals surface area contributed by atoms with Gasteiger partial charge in [0.25, 0.3) is 5.91 Å². The normalized spacial score (nSPS) is 14.7. The van der Waals surface area contributed by atoms with Gasteiger partial charge in [-0.25, -0.2) is 4.98 Å². The topological polar surface area (TPSA) is 70.7 Å². The second-order valence-corrected chi connectivity index (χ2v) is 12.2. The van der Waals surface area contributed by atoms with Crippen LogP contribution < -0.4 is 9.47 Å². The van der Waals surface area contributed by atoms with E-state index in [4.69, 9.17) is 26.1 Å². The third kappa shape index (κ3) is 7.16. The monoisotopic (exact) mass is 602 g/mol. The molecule has 4 aromatic rings. The molecule has 5 rings (SSSR count). The number of amides is 1. The Hall–Kier alpha value is -3.55. The summed E-state index contributed by atoms with van der Waals surface area (Å²) in [5.74, 6) is 1.84. The van der Waals surface area contributed by atoms with Gasteiger partial charge >= 0.3 is 0 Å². The molecule has 228 valence electrons. The van der Waals surface area contributed by atoms with Crippen LogP contribution in [-0.4, -0.2) is 59.5 Å². The second-order valence-electron chi connectivity index (χ2n) is 11.8. The lowest BCUT2D eigenvalue weighted by Crippen LogP contribution is -2.38. The molecule has 43 heavy (non-hydrogen) atoms. The van der Waals surface area contributed by atoms with Gasteiger partial charge in [0.2, 0.25) is 0 Å². The lowest BCUT2D eigenvalue weighted by atomic mass is 9.96. The molecule has 7 nitrogen and oxygen atoms in total. The van der Waals surface area contributed by atoms with E-state index in [0.29, 0.717) is 35.9 Å². The molecule has 1 fully saturated rings. The average Bonchev–Trinajstić information content (AvgIpc) is 3.45. The van der Waals surface area contributed by atoms with Crippen molar-refractivity contribution in [3.8, 4) is 11.5 Å². The van der Waals surface area contributed by atoms with Crippen molar-refractivity contribution in [2.45, 2.75) is 58.5 Å². The number of halogens is 1. The molecule has 0 spiro atoms. The van der Waals surface area contributed by atoms with Crippen molar-refractivity contribution < 1.29 is 14.3 Å². The summed E-state index contributed by atoms with van der Waals surface area (Å²) in [5.41, 5.74) is 4.73. The minimum absolute atomic E-state index is 0.162. The first-order valence-electron chi connectivity index (χ1n) is 15.3. The maximum atomic E-state index is 14.6. The van der Waals surface area contributed by atoms with E-state index in [1.807, 2.05) is 29.2 Å². The number of hydrogen-bond acceptors (Lipinski definition) is 5. The highest BCUT2D eigenvalue weighted by molar-refractivity contribution is 6.35. The van der Waals surface area contributed by atoms with Crippen LogP contribution in [-0.2, 0) is 13.0 Å². The van der Waals surface area contributed by atoms with Crippen LogP contribution in [0.15, 0.2) is 60.7 Å². The van der Waals surface area contributed by atoms with Crippen LogP contribution in [0.3, 0.4) is 0 Å². The zero-order chi connectivity index (χ0) is 30.3. The molecule has 1 N–H and O–H groups in total. The molecule has 0 bridgehead atoms. The fourth-order valence-electron chi connectivity index (χ4n) is 5.97. The molecule has 3 aromatic carbocycles. The minimum atomic E-state index is -0.342. The number of nitrogens with one attached hydrogen (secondary N) is 1. The molecule has 1 unspecified atom stereocenters. The Morgan fingerprint density at radius 2 is 1.70 bits per heavy atom. The average molecular weight is 603 g/mol. The number of rotatable bonds is 12. The highest BCUT2D eigenvalue weighted by atomic mass is 35.5. The Bertz CT molecular complexity index is 1500. The van der Waals surface area contributed by atoms with Crippen LogP contribution in [0.1, 0.15) is 72.9 Å². The lowest BCUT2D eigenvalue weighted by molar-refractivity contribution is 0.0656. The van der Waals surface area contributed by atoms with Gasteiger partial charge in [-0.3, -0.25) is 9.69 Å². The number of aromatic nitrogens is 2. The molecule has 1 aliphatic rings. The molecular formula is C35H43ClN4O3. The van der Waals surface area contributed by atoms with Crippen LogP contribution in [0.5, 0.6) is 11.5 Å². The van der Waals surface area contributed by atoms with Crippen LogP contribution >= 0.6 is 11.6 Å². The fourth-order valence-corrected chi connectivity index (χ4v) is 6.28. The predicted molar refractivity (Wildman–Crippen MR) is 173 cm³/mol. The summed E-state index contributed by atoms with van der Waals surface area (Å²) in [6, 6.07) is 19.8. The SMILES string of the molecule is COc1ccc(C(=O)N(CCC(C)C)C(Cc2ccccc2CN2CCCCC2)c2nc3ccccc3[nH]2)c(Cl)c1OC. The third-order valence-corrected chi connectivity index (χ3v) is 8.77. The maximum Gasteiger partial charge on any atom is 0.256 e. The molecular weight excluding hydrogens is 560 g/mol. The predicted octanol–water partition coefficient (Wildman–Crippen LogP) is 7.69. The number of ether oxygens (including phenoxy) is 2. The summed E-state index contributed by atoms with van der Waals surface area (Å²) in [6.45, 7) is 8.06. The lowest BCUT2D eigenvalue weighted by Gasteiger charge is -2.33. The molecule has 0 radical (unpaired) electrons. The number of para-hydroxylation sites is 2. The number of carbonyl (C=O) groups excluding carboxylic acids is 1. The summed E-state index contributed by atoms with van der Waals surface area (Å²) in [5, 5.41) is 0.246. The third-order valence-electron chi connectivity index (χ3n) is 8.40. The summed E-state index contributed by atoms with van der Waals surface area (Å²) < 4.78 is 11.0. The van der Waals surface area contributed by atoms with Crippen molar-refractivity contribution in [2.24, 2.45) is 5.92 Å². The number of piperidine rings is 1. The van der Waals surface area contributed by atoms with E-state index in [1.54, 1.807) is 19.2 Å². The van der Waals surface area contributed by atoms with Crippen LogP contribution in [0.2, 0.25) is 5.02 Å². The van der Waals surface area contributed by atoms with Gasteiger partial charge in [0, 0.05) is 19.5 Å². The fraction of sp³-hybridized carbons (Fsp3) is 0.429. The number of imidazole rings is 1. The molecule has 1 aromatic heterocycles. The van der Waals surface area contributed by atoms with Gasteiger partial charge in [-0.1, -0.05) is 68.3 Å². The Morgan fingerprint density at radius 1 is 0.977 bits per heavy atom. The summed E-state index contributed by atoms with van der Waals surface area (Å²) in [4.78, 5) is 27.6. The molecule has 1 saturated heterocycles. The van der Waals surface area contributed by atoms with E-state index < -0.39 is 0 Å². The second kappa shape index (κ2) is 14.3. The van der Waals surface area contributed by atoms with Crippen LogP contribution in [0.4, 0.5) is 0 Å². The number of benzene rings is 3. The Kier molecular flexibility index (Phi) is 10.3. The largest absolute Gasteiger partial charge is 0.493 e. The van der Waals surface area contributed by atoms with Crippen LogP contribution in [0, 0.1) is 5.92 Å². The van der Waals surface area contributed by atoms with Crippen molar-refractivity contribution in [1.82, 2.24) is 19.8 Å². The summed E-state index contributed by atoms with van der Waals surface area (Å²) in [7, 11) is 3.09. The standard InChI is InChI=1S/C35H43ClN4O3/c1-24(2)18-21-40(35(41)27-16-17-31(42-3)33(43-4)32(27)36)30(34-37-28-14-8-9-15-29(28)38-34)22-25-12-6-7-13-26(25)23-39-19-10-5-11-20-39/h6-9,12-17,24,30H,5,10-11,18-23H2,1-4H3,(H,37,38). The number of carbonyl (C=O) groups is 1. The zero-order valence-corrected chi connectivity index (χ0v) is 26.5. The highest BCUT2D eigenvalue weighted by Gasteiger charge is 2.32. The molecule has 2 heterocycles. The van der Waals surface area contributed by atoms with E-state index in [2.05, 4.69) is 48.0 Å². The highest BCUT2D eigenvalue weighted by Crippen LogP contribution is 2.39. The van der Waals surface area contributed by atoms with Gasteiger partial charge in [0.1, 0.15) is 5.82 Å². The van der Waals surface area contributed by atoms with E-state index in [-0.39, 0.29) is 17.0 Å². The first kappa shape index (κ1) is 30.9. The van der Waals surface area contributed by atoms with Crippen molar-refractivity contribution in [3.63, 3.8) is 0 Å². The number of methoxy groups -OCH3 is 2. The number of H-pyrrole nitrogens is 1. The van der Waals surface area contributed by atoms with E-state index in [0.717, 1.165) is 42.9 Å². The Balaban J connectivity index is 1.59. The molecule has 0 saturated carbocycles. The van der Waals surface area contributed by atoms with E-state index >= 15 is 0 Å². The summed E-state index contributed by atoms with van der Waals surface area (Å²) >= 11 is 6.82. The Labute approximate surface area is 260 Å². The first-order chi connectivity index (χ1) is 20.9. The Morgan fingerprint density at radius 3 is 2.40 bits per heavy atom. The van der Waals surface area contributed by atoms with Crippen LogP contribution in [0.25, 0.3) is 11.0 Å².